The van der Waals surface area contributed by atoms with Crippen LogP contribution in [0.2, 0.25) is 0 Å². The van der Waals surface area contributed by atoms with Crippen molar-refractivity contribution in [3.8, 4) is 0 Å². The predicted octanol–water partition coefficient (Wildman–Crippen LogP) is 3.12. The lowest BCUT2D eigenvalue weighted by atomic mass is 10.1. The first-order chi connectivity index (χ1) is 12.0. The Kier molecular flexibility index (Phi) is 4.00. The molecule has 1 atom stereocenters. The van der Waals surface area contributed by atoms with E-state index in [-0.39, 0.29) is 5.91 Å². The van der Waals surface area contributed by atoms with Gasteiger partial charge in [-0.3, -0.25) is 9.48 Å². The van der Waals surface area contributed by atoms with Crippen LogP contribution < -0.4 is 10.2 Å². The number of thiophene rings is 1. The van der Waals surface area contributed by atoms with E-state index in [0.717, 1.165) is 33.8 Å². The van der Waals surface area contributed by atoms with Gasteiger partial charge in [-0.1, -0.05) is 18.2 Å². The summed E-state index contributed by atoms with van der Waals surface area (Å²) in [5.41, 5.74) is 3.66. The molecule has 1 aromatic carbocycles. The molecule has 1 aliphatic rings. The molecule has 0 saturated heterocycles. The van der Waals surface area contributed by atoms with Crippen LogP contribution >= 0.6 is 11.3 Å². The molecule has 0 spiro atoms. The number of carbonyl (C=O) groups is 1. The maximum Gasteiger partial charge on any atom is 0.261 e. The van der Waals surface area contributed by atoms with Gasteiger partial charge in [0.1, 0.15) is 4.83 Å². The lowest BCUT2D eigenvalue weighted by Gasteiger charge is -2.24. The van der Waals surface area contributed by atoms with Crippen molar-refractivity contribution in [2.45, 2.75) is 26.3 Å². The SMILES string of the molecule is Cc1nn(C)c2sc(C(=O)NCCN3c4ccccc4C[C@@H]3C)cc12. The zero-order valence-corrected chi connectivity index (χ0v) is 15.6. The number of carbonyl (C=O) groups excluding carboxylic acids is 1. The Morgan fingerprint density at radius 2 is 2.20 bits per heavy atom. The van der Waals surface area contributed by atoms with Crippen molar-refractivity contribution in [1.29, 1.82) is 0 Å². The first kappa shape index (κ1) is 16.1. The average molecular weight is 354 g/mol. The zero-order chi connectivity index (χ0) is 17.6. The Morgan fingerprint density at radius 1 is 1.40 bits per heavy atom. The molecule has 1 amide bonds. The number of aromatic nitrogens is 2. The van der Waals surface area contributed by atoms with E-state index in [1.165, 1.54) is 22.6 Å². The monoisotopic (exact) mass is 354 g/mol. The summed E-state index contributed by atoms with van der Waals surface area (Å²) in [4.78, 5) is 16.7. The van der Waals surface area contributed by atoms with E-state index in [2.05, 4.69) is 46.5 Å². The number of amides is 1. The third-order valence-electron chi connectivity index (χ3n) is 4.91. The number of anilines is 1. The zero-order valence-electron chi connectivity index (χ0n) is 14.7. The molecule has 6 heteroatoms. The van der Waals surface area contributed by atoms with Gasteiger partial charge in [0.15, 0.2) is 0 Å². The van der Waals surface area contributed by atoms with Crippen LogP contribution in [0.3, 0.4) is 0 Å². The molecule has 5 nitrogen and oxygen atoms in total. The van der Waals surface area contributed by atoms with Crippen LogP contribution in [0.25, 0.3) is 10.2 Å². The molecule has 130 valence electrons. The summed E-state index contributed by atoms with van der Waals surface area (Å²) in [6.07, 6.45) is 1.08. The number of rotatable bonds is 4. The molecule has 0 fully saturated rings. The number of hydrogen-bond donors (Lipinski definition) is 1. The number of aryl methyl sites for hydroxylation is 2. The predicted molar refractivity (Wildman–Crippen MR) is 103 cm³/mol. The minimum Gasteiger partial charge on any atom is -0.367 e. The number of nitrogens with zero attached hydrogens (tertiary/aromatic N) is 3. The molecule has 2 aromatic heterocycles. The number of nitrogens with one attached hydrogen (secondary N) is 1. The maximum atomic E-state index is 12.5. The Bertz CT molecular complexity index is 908. The lowest BCUT2D eigenvalue weighted by Crippen LogP contribution is -2.37. The molecule has 0 saturated carbocycles. The second kappa shape index (κ2) is 6.19. The molecular formula is C19H22N4OS. The van der Waals surface area contributed by atoms with E-state index in [9.17, 15) is 4.79 Å². The summed E-state index contributed by atoms with van der Waals surface area (Å²) in [6.45, 7) is 5.69. The third kappa shape index (κ3) is 2.80. The largest absolute Gasteiger partial charge is 0.367 e. The van der Waals surface area contributed by atoms with Gasteiger partial charge in [0.05, 0.1) is 10.6 Å². The molecule has 1 N–H and O–H groups in total. The quantitative estimate of drug-likeness (QED) is 0.783. The van der Waals surface area contributed by atoms with Crippen molar-refractivity contribution in [3.63, 3.8) is 0 Å². The van der Waals surface area contributed by atoms with Gasteiger partial charge in [-0.25, -0.2) is 0 Å². The number of fused-ring (bicyclic) bond motifs is 2. The standard InChI is InChI=1S/C19H22N4OS/c1-12-10-14-6-4-5-7-16(14)23(12)9-8-20-18(24)17-11-15-13(2)21-22(3)19(15)25-17/h4-7,11-12H,8-10H2,1-3H3,(H,20,24)/t12-/m0/s1. The number of hydrogen-bond acceptors (Lipinski definition) is 4. The van der Waals surface area contributed by atoms with Gasteiger partial charge in [-0.05, 0) is 38.0 Å². The van der Waals surface area contributed by atoms with Crippen LogP contribution in [-0.2, 0) is 13.5 Å². The average Bonchev–Trinajstić information content (AvgIpc) is 3.23. The third-order valence-corrected chi connectivity index (χ3v) is 6.11. The Labute approximate surface area is 151 Å². The molecule has 0 aliphatic carbocycles. The Morgan fingerprint density at radius 3 is 3.00 bits per heavy atom. The highest BCUT2D eigenvalue weighted by molar-refractivity contribution is 7.20. The Balaban J connectivity index is 1.41. The van der Waals surface area contributed by atoms with Crippen molar-refractivity contribution in [2.75, 3.05) is 18.0 Å². The van der Waals surface area contributed by atoms with Gasteiger partial charge < -0.3 is 10.2 Å². The van der Waals surface area contributed by atoms with E-state index < -0.39 is 0 Å². The van der Waals surface area contributed by atoms with E-state index in [0.29, 0.717) is 12.6 Å². The van der Waals surface area contributed by atoms with Crippen molar-refractivity contribution in [2.24, 2.45) is 7.05 Å². The molecular weight excluding hydrogens is 332 g/mol. The molecule has 0 bridgehead atoms. The first-order valence-electron chi connectivity index (χ1n) is 8.60. The highest BCUT2D eigenvalue weighted by Gasteiger charge is 2.25. The van der Waals surface area contributed by atoms with E-state index >= 15 is 0 Å². The van der Waals surface area contributed by atoms with Gasteiger partial charge >= 0.3 is 0 Å². The van der Waals surface area contributed by atoms with Gasteiger partial charge in [0, 0.05) is 37.3 Å². The first-order valence-corrected chi connectivity index (χ1v) is 9.42. The van der Waals surface area contributed by atoms with Crippen molar-refractivity contribution in [3.05, 3.63) is 46.5 Å². The van der Waals surface area contributed by atoms with Crippen LogP contribution in [-0.4, -0.2) is 34.8 Å². The fourth-order valence-corrected chi connectivity index (χ4v) is 4.70. The number of para-hydroxylation sites is 1. The summed E-state index contributed by atoms with van der Waals surface area (Å²) in [7, 11) is 1.92. The van der Waals surface area contributed by atoms with Gasteiger partial charge in [0.2, 0.25) is 0 Å². The van der Waals surface area contributed by atoms with E-state index in [4.69, 9.17) is 0 Å². The van der Waals surface area contributed by atoms with Crippen LogP contribution in [0.5, 0.6) is 0 Å². The van der Waals surface area contributed by atoms with Crippen molar-refractivity contribution < 1.29 is 4.79 Å². The molecule has 25 heavy (non-hydrogen) atoms. The molecule has 0 unspecified atom stereocenters. The van der Waals surface area contributed by atoms with Crippen LogP contribution in [0, 0.1) is 6.92 Å². The van der Waals surface area contributed by atoms with Crippen LogP contribution in [0.4, 0.5) is 5.69 Å². The van der Waals surface area contributed by atoms with Crippen LogP contribution in [0.15, 0.2) is 30.3 Å². The van der Waals surface area contributed by atoms with Gasteiger partial charge in [0.25, 0.3) is 5.91 Å². The summed E-state index contributed by atoms with van der Waals surface area (Å²) in [6, 6.07) is 11.0. The normalized spacial score (nSPS) is 16.4. The molecule has 0 radical (unpaired) electrons. The smallest absolute Gasteiger partial charge is 0.261 e. The highest BCUT2D eigenvalue weighted by atomic mass is 32.1. The second-order valence-electron chi connectivity index (χ2n) is 6.67. The summed E-state index contributed by atoms with van der Waals surface area (Å²) in [5.74, 6) is 0.000681. The maximum absolute atomic E-state index is 12.5. The minimum atomic E-state index is 0.000681. The van der Waals surface area contributed by atoms with Gasteiger partial charge in [-0.15, -0.1) is 11.3 Å². The summed E-state index contributed by atoms with van der Waals surface area (Å²) in [5, 5.41) is 8.52. The molecule has 3 aromatic rings. The molecule has 1 aliphatic heterocycles. The molecule has 4 rings (SSSR count). The Hall–Kier alpha value is -2.34. The lowest BCUT2D eigenvalue weighted by molar-refractivity contribution is 0.0958. The van der Waals surface area contributed by atoms with Gasteiger partial charge in [-0.2, -0.15) is 5.10 Å². The second-order valence-corrected chi connectivity index (χ2v) is 7.70. The van der Waals surface area contributed by atoms with Crippen molar-refractivity contribution in [1.82, 2.24) is 15.1 Å². The van der Waals surface area contributed by atoms with E-state index in [1.54, 1.807) is 0 Å². The van der Waals surface area contributed by atoms with Crippen LogP contribution in [0.1, 0.15) is 27.9 Å². The molecule has 3 heterocycles. The van der Waals surface area contributed by atoms with E-state index in [1.807, 2.05) is 24.7 Å². The van der Waals surface area contributed by atoms with Crippen molar-refractivity contribution >= 4 is 33.1 Å². The fraction of sp³-hybridized carbons (Fsp3) is 0.368. The summed E-state index contributed by atoms with van der Waals surface area (Å²) >= 11 is 1.50. The minimum absolute atomic E-state index is 0.000681. The topological polar surface area (TPSA) is 50.2 Å². The number of benzene rings is 1. The summed E-state index contributed by atoms with van der Waals surface area (Å²) < 4.78 is 1.84. The fourth-order valence-electron chi connectivity index (χ4n) is 3.66. The highest BCUT2D eigenvalue weighted by Crippen LogP contribution is 2.31.